The van der Waals surface area contributed by atoms with Crippen LogP contribution in [-0.4, -0.2) is 74.3 Å². The van der Waals surface area contributed by atoms with E-state index in [9.17, 15) is 19.0 Å². The zero-order valence-electron chi connectivity index (χ0n) is 48.6. The number of quaternary nitrogens is 1. The number of nitrogens with zero attached hydrogens (tertiary/aromatic N) is 1. The number of carbonyl (C=O) groups is 2. The van der Waals surface area contributed by atoms with Gasteiger partial charge in [-0.15, -0.1) is 0 Å². The van der Waals surface area contributed by atoms with Crippen LogP contribution < -0.4 is 5.32 Å². The summed E-state index contributed by atoms with van der Waals surface area (Å²) in [4.78, 5) is 37.7. The third-order valence-electron chi connectivity index (χ3n) is 12.8. The molecule has 0 saturated carbocycles. The van der Waals surface area contributed by atoms with Gasteiger partial charge < -0.3 is 19.4 Å². The first-order valence-corrected chi connectivity index (χ1v) is 31.6. The van der Waals surface area contributed by atoms with Gasteiger partial charge in [0.1, 0.15) is 19.3 Å². The van der Waals surface area contributed by atoms with E-state index in [1.165, 1.54) is 83.5 Å². The van der Waals surface area contributed by atoms with E-state index in [1.807, 2.05) is 33.3 Å². The minimum atomic E-state index is -4.46. The Balaban J connectivity index is 5.37. The predicted octanol–water partition coefficient (Wildman–Crippen LogP) is 18.4. The van der Waals surface area contributed by atoms with Crippen molar-refractivity contribution in [3.63, 3.8) is 0 Å². The van der Waals surface area contributed by atoms with Crippen LogP contribution in [0.4, 0.5) is 0 Å². The Hall–Kier alpha value is -3.07. The molecular weight excluding hydrogens is 940 g/mol. The third kappa shape index (κ3) is 53.7. The molecule has 0 aromatic rings. The molecule has 426 valence electrons. The summed E-state index contributed by atoms with van der Waals surface area (Å²) in [6, 6.07) is -0.873. The summed E-state index contributed by atoms with van der Waals surface area (Å²) >= 11 is 0. The van der Waals surface area contributed by atoms with Gasteiger partial charge in [-0.05, 0) is 109 Å². The molecule has 74 heavy (non-hydrogen) atoms. The van der Waals surface area contributed by atoms with Crippen LogP contribution in [0.2, 0.25) is 0 Å². The summed E-state index contributed by atoms with van der Waals surface area (Å²) in [5, 5.41) is 3.04. The molecule has 0 aliphatic rings. The average Bonchev–Trinajstić information content (AvgIpc) is 3.36. The first-order valence-electron chi connectivity index (χ1n) is 30.1. The summed E-state index contributed by atoms with van der Waals surface area (Å²) in [5.41, 5.74) is 0. The number of rotatable bonds is 53. The number of hydrogen-bond donors (Lipinski definition) is 2. The molecule has 0 aromatic heterocycles. The molecular formula is C64H114N2O7P+. The van der Waals surface area contributed by atoms with Gasteiger partial charge in [-0.25, -0.2) is 4.57 Å². The summed E-state index contributed by atoms with van der Waals surface area (Å²) in [7, 11) is 1.46. The van der Waals surface area contributed by atoms with Crippen molar-refractivity contribution in [2.45, 2.75) is 258 Å². The van der Waals surface area contributed by atoms with Crippen LogP contribution in [0.3, 0.4) is 0 Å². The SMILES string of the molecule is CC/C=C/C/C=C/C/C=C/CCCCCCC(=O)OC(/C=C\CCCCCCCCCCCCC)C(COP(=O)(O)OCC[N+](C)(C)C)NC(=O)CCCCCCC/C=C\C/C=C\C/C=C\C/C=C\CCCCC. The summed E-state index contributed by atoms with van der Waals surface area (Å²) in [6.07, 6.45) is 71.1. The molecule has 0 spiro atoms. The van der Waals surface area contributed by atoms with Gasteiger partial charge in [0, 0.05) is 12.8 Å². The predicted molar refractivity (Wildman–Crippen MR) is 318 cm³/mol. The van der Waals surface area contributed by atoms with Gasteiger partial charge in [-0.1, -0.05) is 221 Å². The fourth-order valence-corrected chi connectivity index (χ4v) is 8.85. The fourth-order valence-electron chi connectivity index (χ4n) is 8.11. The second kappa shape index (κ2) is 53.3. The Morgan fingerprint density at radius 3 is 1.32 bits per heavy atom. The van der Waals surface area contributed by atoms with Crippen LogP contribution in [0.5, 0.6) is 0 Å². The lowest BCUT2D eigenvalue weighted by Gasteiger charge is -2.27. The van der Waals surface area contributed by atoms with Gasteiger partial charge in [0.05, 0.1) is 33.8 Å². The van der Waals surface area contributed by atoms with Crippen molar-refractivity contribution < 1.29 is 37.3 Å². The van der Waals surface area contributed by atoms with Crippen LogP contribution in [0, 0.1) is 0 Å². The lowest BCUT2D eigenvalue weighted by Crippen LogP contribution is -2.47. The van der Waals surface area contributed by atoms with E-state index in [0.717, 1.165) is 122 Å². The number of unbranched alkanes of at least 4 members (excludes halogenated alkanes) is 23. The van der Waals surface area contributed by atoms with Crippen LogP contribution in [-0.2, 0) is 27.9 Å². The number of likely N-dealkylation sites (N-methyl/N-ethyl adjacent to an activating group) is 1. The van der Waals surface area contributed by atoms with Crippen molar-refractivity contribution in [2.24, 2.45) is 0 Å². The van der Waals surface area contributed by atoms with Gasteiger partial charge in [0.25, 0.3) is 0 Å². The van der Waals surface area contributed by atoms with Crippen molar-refractivity contribution in [2.75, 3.05) is 40.9 Å². The molecule has 0 heterocycles. The number of phosphoric acid groups is 1. The van der Waals surface area contributed by atoms with Crippen molar-refractivity contribution in [1.29, 1.82) is 0 Å². The molecule has 9 nitrogen and oxygen atoms in total. The molecule has 2 N–H and O–H groups in total. The maximum Gasteiger partial charge on any atom is 0.472 e. The molecule has 3 unspecified atom stereocenters. The first-order chi connectivity index (χ1) is 35.9. The zero-order chi connectivity index (χ0) is 54.3. The van der Waals surface area contributed by atoms with Gasteiger partial charge in [0.2, 0.25) is 5.91 Å². The lowest BCUT2D eigenvalue weighted by atomic mass is 10.0. The molecule has 3 atom stereocenters. The quantitative estimate of drug-likeness (QED) is 0.0205. The molecule has 0 rings (SSSR count). The van der Waals surface area contributed by atoms with E-state index >= 15 is 0 Å². The number of ether oxygens (including phenoxy) is 1. The molecule has 0 aromatic carbocycles. The van der Waals surface area contributed by atoms with Crippen LogP contribution in [0.1, 0.15) is 245 Å². The number of carbonyl (C=O) groups excluding carboxylic acids is 2. The highest BCUT2D eigenvalue weighted by Crippen LogP contribution is 2.43. The summed E-state index contributed by atoms with van der Waals surface area (Å²) < 4.78 is 30.6. The number of nitrogens with one attached hydrogen (secondary N) is 1. The van der Waals surface area contributed by atoms with Crippen LogP contribution in [0.25, 0.3) is 0 Å². The summed E-state index contributed by atoms with van der Waals surface area (Å²) in [6.45, 7) is 6.83. The van der Waals surface area contributed by atoms with E-state index in [0.29, 0.717) is 23.9 Å². The number of phosphoric ester groups is 1. The lowest BCUT2D eigenvalue weighted by molar-refractivity contribution is -0.870. The Labute approximate surface area is 456 Å². The van der Waals surface area contributed by atoms with E-state index in [-0.39, 0.29) is 31.5 Å². The molecule has 0 saturated heterocycles. The van der Waals surface area contributed by atoms with E-state index in [4.69, 9.17) is 13.8 Å². The second-order valence-corrected chi connectivity index (χ2v) is 22.6. The Bertz CT molecular complexity index is 1590. The third-order valence-corrected chi connectivity index (χ3v) is 13.7. The molecule has 0 aliphatic carbocycles. The smallest absolute Gasteiger partial charge is 0.456 e. The molecule has 0 radical (unpaired) electrons. The van der Waals surface area contributed by atoms with Gasteiger partial charge in [-0.3, -0.25) is 18.6 Å². The molecule has 0 aliphatic heterocycles. The molecule has 0 fully saturated rings. The topological polar surface area (TPSA) is 111 Å². The normalized spacial score (nSPS) is 14.4. The Morgan fingerprint density at radius 2 is 0.865 bits per heavy atom. The van der Waals surface area contributed by atoms with Crippen LogP contribution in [0.15, 0.2) is 97.2 Å². The van der Waals surface area contributed by atoms with Gasteiger partial charge in [-0.2, -0.15) is 0 Å². The zero-order valence-corrected chi connectivity index (χ0v) is 49.4. The minimum absolute atomic E-state index is 0.0277. The number of esters is 1. The van der Waals surface area contributed by atoms with E-state index in [1.54, 1.807) is 0 Å². The number of allylic oxidation sites excluding steroid dienone is 15. The van der Waals surface area contributed by atoms with E-state index in [2.05, 4.69) is 111 Å². The maximum absolute atomic E-state index is 13.5. The monoisotopic (exact) mass is 1050 g/mol. The number of hydrogen-bond acceptors (Lipinski definition) is 6. The Morgan fingerprint density at radius 1 is 0.486 bits per heavy atom. The first kappa shape index (κ1) is 70.9. The maximum atomic E-state index is 13.5. The summed E-state index contributed by atoms with van der Waals surface area (Å²) in [5.74, 6) is -0.556. The van der Waals surface area contributed by atoms with Crippen molar-refractivity contribution >= 4 is 19.7 Å². The minimum Gasteiger partial charge on any atom is -0.456 e. The molecule has 10 heteroatoms. The average molecular weight is 1050 g/mol. The standard InChI is InChI=1S/C64H113N2O7P/c1-7-10-13-16-19-22-25-28-30-31-32-33-34-35-36-38-41-44-47-50-53-56-63(67)65-61(60-72-74(69,70)71-59-58-66(4,5)6)62(55-52-49-46-43-40-37-27-24-21-18-15-12-9-3)73-64(68)57-54-51-48-45-42-39-29-26-23-20-17-14-11-8-2/h11,14,19-20,22-23,28-30,32-33,35-36,39,52,55,61-62H,7-10,12-13,15-18,21,24-27,31,34,37-38,40-51,53-54,56-60H2,1-6H3,(H-,65,67,69,70)/p+1/b14-11+,22-19-,23-20+,30-28-,33-32-,36-35-,39-29+,55-52-. The molecule has 1 amide bonds. The second-order valence-electron chi connectivity index (χ2n) is 21.1. The highest BCUT2D eigenvalue weighted by molar-refractivity contribution is 7.47. The van der Waals surface area contributed by atoms with Gasteiger partial charge in [0.15, 0.2) is 0 Å². The number of amides is 1. The van der Waals surface area contributed by atoms with Crippen LogP contribution >= 0.6 is 7.82 Å². The van der Waals surface area contributed by atoms with Crippen molar-refractivity contribution in [3.05, 3.63) is 97.2 Å². The van der Waals surface area contributed by atoms with Crippen molar-refractivity contribution in [1.82, 2.24) is 5.32 Å². The highest BCUT2D eigenvalue weighted by atomic mass is 31.2. The fraction of sp³-hybridized carbons (Fsp3) is 0.719. The van der Waals surface area contributed by atoms with Crippen molar-refractivity contribution in [3.8, 4) is 0 Å². The largest absolute Gasteiger partial charge is 0.472 e. The van der Waals surface area contributed by atoms with Gasteiger partial charge >= 0.3 is 13.8 Å². The Kier molecular flexibility index (Phi) is 51.1. The molecule has 0 bridgehead atoms. The highest BCUT2D eigenvalue weighted by Gasteiger charge is 2.30. The van der Waals surface area contributed by atoms with E-state index < -0.39 is 20.0 Å².